The van der Waals surface area contributed by atoms with Crippen molar-refractivity contribution in [1.82, 2.24) is 15.2 Å². The highest BCUT2D eigenvalue weighted by Gasteiger charge is 2.10. The number of hydrogen-bond acceptors (Lipinski definition) is 4. The maximum absolute atomic E-state index is 11.8. The van der Waals surface area contributed by atoms with Crippen LogP contribution in [0.1, 0.15) is 15.9 Å². The van der Waals surface area contributed by atoms with Gasteiger partial charge in [0, 0.05) is 38.6 Å². The van der Waals surface area contributed by atoms with Crippen molar-refractivity contribution < 1.29 is 9.53 Å². The highest BCUT2D eigenvalue weighted by molar-refractivity contribution is 5.93. The highest BCUT2D eigenvalue weighted by Crippen LogP contribution is 2.01. The van der Waals surface area contributed by atoms with Gasteiger partial charge in [-0.1, -0.05) is 0 Å². The van der Waals surface area contributed by atoms with Gasteiger partial charge in [-0.05, 0) is 18.6 Å². The van der Waals surface area contributed by atoms with Gasteiger partial charge < -0.3 is 10.1 Å². The van der Waals surface area contributed by atoms with E-state index in [-0.39, 0.29) is 5.91 Å². The lowest BCUT2D eigenvalue weighted by atomic mass is 10.2. The molecular weight excluding hydrogens is 230 g/mol. The standard InChI is InChI=1S/C13H19N3O2/c1-11-8-12(10-14-9-11)13(17)15-2-3-16-4-6-18-7-5-16/h8-10H,2-7H2,1H3,(H,15,17). The zero-order valence-electron chi connectivity index (χ0n) is 10.7. The van der Waals surface area contributed by atoms with Gasteiger partial charge in [-0.15, -0.1) is 0 Å². The van der Waals surface area contributed by atoms with Crippen LogP contribution in [0.25, 0.3) is 0 Å². The van der Waals surface area contributed by atoms with E-state index in [1.165, 1.54) is 0 Å². The summed E-state index contributed by atoms with van der Waals surface area (Å²) in [5.41, 5.74) is 1.62. The fourth-order valence-corrected chi connectivity index (χ4v) is 1.93. The van der Waals surface area contributed by atoms with Crippen LogP contribution in [0.3, 0.4) is 0 Å². The molecule has 0 bridgehead atoms. The Bertz CT molecular complexity index is 403. The van der Waals surface area contributed by atoms with E-state index < -0.39 is 0 Å². The van der Waals surface area contributed by atoms with Gasteiger partial charge >= 0.3 is 0 Å². The molecule has 1 aromatic rings. The van der Waals surface area contributed by atoms with Crippen molar-refractivity contribution in [3.63, 3.8) is 0 Å². The van der Waals surface area contributed by atoms with Crippen LogP contribution in [0.5, 0.6) is 0 Å². The molecule has 5 nitrogen and oxygen atoms in total. The Hall–Kier alpha value is -1.46. The van der Waals surface area contributed by atoms with Gasteiger partial charge in [-0.25, -0.2) is 0 Å². The second-order valence-electron chi connectivity index (χ2n) is 4.46. The normalized spacial score (nSPS) is 16.5. The fourth-order valence-electron chi connectivity index (χ4n) is 1.93. The summed E-state index contributed by atoms with van der Waals surface area (Å²) < 4.78 is 5.27. The number of aryl methyl sites for hydroxylation is 1. The quantitative estimate of drug-likeness (QED) is 0.842. The van der Waals surface area contributed by atoms with Crippen LogP contribution in [-0.2, 0) is 4.74 Å². The number of morpholine rings is 1. The first kappa shape index (κ1) is 13.0. The zero-order valence-corrected chi connectivity index (χ0v) is 10.7. The molecule has 0 aliphatic carbocycles. The Kier molecular flexibility index (Phi) is 4.66. The molecule has 0 atom stereocenters. The van der Waals surface area contributed by atoms with Crippen molar-refractivity contribution in [3.05, 3.63) is 29.6 Å². The van der Waals surface area contributed by atoms with Crippen LogP contribution in [0.2, 0.25) is 0 Å². The fraction of sp³-hybridized carbons (Fsp3) is 0.538. The molecule has 1 aliphatic rings. The Morgan fingerprint density at radius 2 is 2.22 bits per heavy atom. The summed E-state index contributed by atoms with van der Waals surface area (Å²) in [5, 5.41) is 2.91. The summed E-state index contributed by atoms with van der Waals surface area (Å²) >= 11 is 0. The van der Waals surface area contributed by atoms with E-state index >= 15 is 0 Å². The minimum absolute atomic E-state index is 0.0561. The molecule has 0 unspecified atom stereocenters. The van der Waals surface area contributed by atoms with Crippen molar-refractivity contribution in [2.45, 2.75) is 6.92 Å². The van der Waals surface area contributed by atoms with E-state index in [0.717, 1.165) is 38.4 Å². The van der Waals surface area contributed by atoms with Crippen LogP contribution < -0.4 is 5.32 Å². The number of aromatic nitrogens is 1. The van der Waals surface area contributed by atoms with Gasteiger partial charge in [0.15, 0.2) is 0 Å². The molecule has 1 aromatic heterocycles. The second-order valence-corrected chi connectivity index (χ2v) is 4.46. The van der Waals surface area contributed by atoms with E-state index in [4.69, 9.17) is 4.74 Å². The van der Waals surface area contributed by atoms with E-state index in [2.05, 4.69) is 15.2 Å². The topological polar surface area (TPSA) is 54.5 Å². The van der Waals surface area contributed by atoms with Gasteiger partial charge in [0.25, 0.3) is 5.91 Å². The van der Waals surface area contributed by atoms with Crippen LogP contribution in [0.4, 0.5) is 0 Å². The van der Waals surface area contributed by atoms with Crippen molar-refractivity contribution in [3.8, 4) is 0 Å². The first-order valence-corrected chi connectivity index (χ1v) is 6.25. The lowest BCUT2D eigenvalue weighted by Crippen LogP contribution is -2.41. The average Bonchev–Trinajstić information content (AvgIpc) is 2.40. The lowest BCUT2D eigenvalue weighted by molar-refractivity contribution is 0.0383. The molecule has 1 N–H and O–H groups in total. The lowest BCUT2D eigenvalue weighted by Gasteiger charge is -2.26. The van der Waals surface area contributed by atoms with Gasteiger partial charge in [-0.3, -0.25) is 14.7 Å². The molecule has 0 spiro atoms. The summed E-state index contributed by atoms with van der Waals surface area (Å²) in [6.07, 6.45) is 3.33. The second kappa shape index (κ2) is 6.47. The van der Waals surface area contributed by atoms with E-state index in [9.17, 15) is 4.79 Å². The smallest absolute Gasteiger partial charge is 0.252 e. The first-order valence-electron chi connectivity index (χ1n) is 6.25. The SMILES string of the molecule is Cc1cncc(C(=O)NCCN2CCOCC2)c1. The van der Waals surface area contributed by atoms with Crippen LogP contribution in [0.15, 0.2) is 18.5 Å². The average molecular weight is 249 g/mol. The largest absolute Gasteiger partial charge is 0.379 e. The monoisotopic (exact) mass is 249 g/mol. The molecule has 1 aliphatic heterocycles. The third-order valence-corrected chi connectivity index (χ3v) is 2.95. The number of carbonyl (C=O) groups excluding carboxylic acids is 1. The van der Waals surface area contributed by atoms with Crippen LogP contribution >= 0.6 is 0 Å². The van der Waals surface area contributed by atoms with Crippen LogP contribution in [-0.4, -0.2) is 55.2 Å². The van der Waals surface area contributed by atoms with Crippen molar-refractivity contribution >= 4 is 5.91 Å². The molecule has 98 valence electrons. The molecule has 0 aromatic carbocycles. The number of pyridine rings is 1. The Balaban J connectivity index is 1.74. The van der Waals surface area contributed by atoms with Gasteiger partial charge in [-0.2, -0.15) is 0 Å². The summed E-state index contributed by atoms with van der Waals surface area (Å²) in [5.74, 6) is -0.0561. The molecule has 2 rings (SSSR count). The molecule has 1 saturated heterocycles. The third-order valence-electron chi connectivity index (χ3n) is 2.95. The molecule has 5 heteroatoms. The summed E-state index contributed by atoms with van der Waals surface area (Å²) in [6.45, 7) is 6.92. The number of carbonyl (C=O) groups is 1. The number of ether oxygens (including phenoxy) is 1. The highest BCUT2D eigenvalue weighted by atomic mass is 16.5. The third kappa shape index (κ3) is 3.78. The number of nitrogens with one attached hydrogen (secondary N) is 1. The minimum Gasteiger partial charge on any atom is -0.379 e. The van der Waals surface area contributed by atoms with Gasteiger partial charge in [0.1, 0.15) is 0 Å². The maximum Gasteiger partial charge on any atom is 0.252 e. The van der Waals surface area contributed by atoms with E-state index in [0.29, 0.717) is 12.1 Å². The van der Waals surface area contributed by atoms with Crippen LogP contribution in [0, 0.1) is 6.92 Å². The van der Waals surface area contributed by atoms with Crippen molar-refractivity contribution in [2.24, 2.45) is 0 Å². The molecule has 1 amide bonds. The maximum atomic E-state index is 11.8. The molecule has 18 heavy (non-hydrogen) atoms. The van der Waals surface area contributed by atoms with Crippen molar-refractivity contribution in [2.75, 3.05) is 39.4 Å². The number of amides is 1. The predicted molar refractivity (Wildman–Crippen MR) is 68.6 cm³/mol. The minimum atomic E-state index is -0.0561. The molecule has 0 radical (unpaired) electrons. The number of nitrogens with zero attached hydrogens (tertiary/aromatic N) is 2. The Morgan fingerprint density at radius 1 is 1.44 bits per heavy atom. The summed E-state index contributed by atoms with van der Waals surface area (Å²) in [4.78, 5) is 18.1. The molecule has 1 fully saturated rings. The Morgan fingerprint density at radius 3 is 2.94 bits per heavy atom. The number of hydrogen-bond donors (Lipinski definition) is 1. The number of rotatable bonds is 4. The van der Waals surface area contributed by atoms with Crippen molar-refractivity contribution in [1.29, 1.82) is 0 Å². The zero-order chi connectivity index (χ0) is 12.8. The molecule has 2 heterocycles. The summed E-state index contributed by atoms with van der Waals surface area (Å²) in [6, 6.07) is 1.84. The van der Waals surface area contributed by atoms with E-state index in [1.807, 2.05) is 13.0 Å². The van der Waals surface area contributed by atoms with Gasteiger partial charge in [0.05, 0.1) is 18.8 Å². The summed E-state index contributed by atoms with van der Waals surface area (Å²) in [7, 11) is 0. The molecular formula is C13H19N3O2. The first-order chi connectivity index (χ1) is 8.75. The van der Waals surface area contributed by atoms with Gasteiger partial charge in [0.2, 0.25) is 0 Å². The predicted octanol–water partition coefficient (Wildman–Crippen LogP) is 0.452. The Labute approximate surface area is 107 Å². The molecule has 0 saturated carbocycles. The van der Waals surface area contributed by atoms with E-state index in [1.54, 1.807) is 12.4 Å².